The molecule has 4 heteroatoms. The molecule has 1 fully saturated rings. The molecule has 1 aromatic rings. The van der Waals surface area contributed by atoms with Gasteiger partial charge in [0.1, 0.15) is 17.5 Å². The first-order valence-corrected chi connectivity index (χ1v) is 6.38. The summed E-state index contributed by atoms with van der Waals surface area (Å²) >= 11 is 0. The van der Waals surface area contributed by atoms with Crippen LogP contribution < -0.4 is 5.32 Å². The first-order chi connectivity index (χ1) is 9.20. The molecular weight excluding hydrogens is 243 g/mol. The van der Waals surface area contributed by atoms with Crippen molar-refractivity contribution in [3.8, 4) is 6.07 Å². The SMILES string of the molecule is N#C/C(=C/c1ccccc1F)C(=O)NC1CCCC1. The van der Waals surface area contributed by atoms with Gasteiger partial charge in [0.25, 0.3) is 5.91 Å². The van der Waals surface area contributed by atoms with E-state index in [1.807, 2.05) is 6.07 Å². The molecule has 0 unspecified atom stereocenters. The molecule has 1 amide bonds. The van der Waals surface area contributed by atoms with Crippen molar-refractivity contribution in [3.63, 3.8) is 0 Å². The number of nitrogens with zero attached hydrogens (tertiary/aromatic N) is 1. The quantitative estimate of drug-likeness (QED) is 0.669. The molecule has 0 spiro atoms. The number of benzene rings is 1. The molecule has 19 heavy (non-hydrogen) atoms. The molecule has 1 aliphatic carbocycles. The fourth-order valence-corrected chi connectivity index (χ4v) is 2.23. The summed E-state index contributed by atoms with van der Waals surface area (Å²) in [5, 5.41) is 11.8. The van der Waals surface area contributed by atoms with E-state index in [4.69, 9.17) is 5.26 Å². The Balaban J connectivity index is 2.13. The normalized spacial score (nSPS) is 16.1. The Labute approximate surface area is 111 Å². The van der Waals surface area contributed by atoms with Crippen LogP contribution in [-0.4, -0.2) is 11.9 Å². The highest BCUT2D eigenvalue weighted by molar-refractivity contribution is 6.01. The molecule has 2 rings (SSSR count). The number of hydrogen-bond donors (Lipinski definition) is 1. The van der Waals surface area contributed by atoms with Crippen molar-refractivity contribution in [1.82, 2.24) is 5.32 Å². The maximum Gasteiger partial charge on any atom is 0.262 e. The predicted molar refractivity (Wildman–Crippen MR) is 70.4 cm³/mol. The summed E-state index contributed by atoms with van der Waals surface area (Å²) in [5.74, 6) is -0.860. The van der Waals surface area contributed by atoms with Gasteiger partial charge in [0.15, 0.2) is 0 Å². The van der Waals surface area contributed by atoms with Crippen molar-refractivity contribution in [1.29, 1.82) is 5.26 Å². The second-order valence-corrected chi connectivity index (χ2v) is 4.65. The van der Waals surface area contributed by atoms with Gasteiger partial charge in [-0.2, -0.15) is 5.26 Å². The largest absolute Gasteiger partial charge is 0.349 e. The molecule has 0 radical (unpaired) electrons. The molecule has 0 aliphatic heterocycles. The standard InChI is InChI=1S/C15H15FN2O/c16-14-8-4-1-5-11(14)9-12(10-17)15(19)18-13-6-2-3-7-13/h1,4-5,8-9,13H,2-3,6-7H2,(H,18,19)/b12-9-. The van der Waals surface area contributed by atoms with Crippen molar-refractivity contribution in [2.75, 3.05) is 0 Å². The molecule has 1 saturated carbocycles. The van der Waals surface area contributed by atoms with E-state index in [-0.39, 0.29) is 17.2 Å². The number of rotatable bonds is 3. The lowest BCUT2D eigenvalue weighted by Gasteiger charge is -2.10. The molecule has 1 N–H and O–H groups in total. The Hall–Kier alpha value is -2.15. The zero-order valence-corrected chi connectivity index (χ0v) is 10.5. The summed E-state index contributed by atoms with van der Waals surface area (Å²) in [6.45, 7) is 0. The van der Waals surface area contributed by atoms with Crippen molar-refractivity contribution < 1.29 is 9.18 Å². The summed E-state index contributed by atoms with van der Waals surface area (Å²) in [6, 6.07) is 8.05. The Morgan fingerprint density at radius 1 is 1.37 bits per heavy atom. The van der Waals surface area contributed by atoms with Gasteiger partial charge in [-0.15, -0.1) is 0 Å². The molecule has 1 aromatic carbocycles. The van der Waals surface area contributed by atoms with E-state index in [0.29, 0.717) is 0 Å². The summed E-state index contributed by atoms with van der Waals surface area (Å²) in [7, 11) is 0. The fourth-order valence-electron chi connectivity index (χ4n) is 2.23. The molecule has 0 heterocycles. The van der Waals surface area contributed by atoms with Crippen LogP contribution in [0.2, 0.25) is 0 Å². The van der Waals surface area contributed by atoms with Gasteiger partial charge in [0.2, 0.25) is 0 Å². The van der Waals surface area contributed by atoms with Gasteiger partial charge in [0, 0.05) is 11.6 Å². The van der Waals surface area contributed by atoms with Crippen molar-refractivity contribution in [3.05, 3.63) is 41.2 Å². The third-order valence-electron chi connectivity index (χ3n) is 3.26. The van der Waals surface area contributed by atoms with Gasteiger partial charge in [-0.05, 0) is 25.0 Å². The van der Waals surface area contributed by atoms with Crippen LogP contribution in [0.15, 0.2) is 29.8 Å². The van der Waals surface area contributed by atoms with Crippen LogP contribution in [0.5, 0.6) is 0 Å². The zero-order chi connectivity index (χ0) is 13.7. The topological polar surface area (TPSA) is 52.9 Å². The van der Waals surface area contributed by atoms with Gasteiger partial charge in [0.05, 0.1) is 0 Å². The summed E-state index contributed by atoms with van der Waals surface area (Å²) in [4.78, 5) is 11.9. The Bertz CT molecular complexity index is 539. The van der Waals surface area contributed by atoms with Gasteiger partial charge < -0.3 is 5.32 Å². The van der Waals surface area contributed by atoms with Crippen molar-refractivity contribution in [2.45, 2.75) is 31.7 Å². The lowest BCUT2D eigenvalue weighted by Crippen LogP contribution is -2.33. The maximum absolute atomic E-state index is 13.5. The van der Waals surface area contributed by atoms with Crippen LogP contribution in [0.25, 0.3) is 6.08 Å². The van der Waals surface area contributed by atoms with Gasteiger partial charge in [-0.1, -0.05) is 31.0 Å². The van der Waals surface area contributed by atoms with Crippen LogP contribution in [0.1, 0.15) is 31.2 Å². The number of hydrogen-bond acceptors (Lipinski definition) is 2. The van der Waals surface area contributed by atoms with E-state index in [1.54, 1.807) is 12.1 Å². The highest BCUT2D eigenvalue weighted by atomic mass is 19.1. The molecule has 98 valence electrons. The second kappa shape index (κ2) is 6.14. The summed E-state index contributed by atoms with van der Waals surface area (Å²) < 4.78 is 13.5. The average molecular weight is 258 g/mol. The third-order valence-corrected chi connectivity index (χ3v) is 3.26. The van der Waals surface area contributed by atoms with E-state index in [0.717, 1.165) is 25.7 Å². The molecule has 0 saturated heterocycles. The Morgan fingerprint density at radius 3 is 2.68 bits per heavy atom. The molecule has 1 aliphatic rings. The van der Waals surface area contributed by atoms with Gasteiger partial charge in [-0.25, -0.2) is 4.39 Å². The van der Waals surface area contributed by atoms with Crippen LogP contribution in [0, 0.1) is 17.1 Å². The van der Waals surface area contributed by atoms with E-state index in [9.17, 15) is 9.18 Å². The highest BCUT2D eigenvalue weighted by Gasteiger charge is 2.19. The minimum Gasteiger partial charge on any atom is -0.349 e. The maximum atomic E-state index is 13.5. The van der Waals surface area contributed by atoms with Crippen molar-refractivity contribution >= 4 is 12.0 Å². The van der Waals surface area contributed by atoms with Gasteiger partial charge >= 0.3 is 0 Å². The summed E-state index contributed by atoms with van der Waals surface area (Å²) in [5.41, 5.74) is 0.192. The molecule has 0 aromatic heterocycles. The third kappa shape index (κ3) is 3.41. The molecule has 3 nitrogen and oxygen atoms in total. The number of nitriles is 1. The number of halogens is 1. The number of carbonyl (C=O) groups excluding carboxylic acids is 1. The lowest BCUT2D eigenvalue weighted by atomic mass is 10.1. The summed E-state index contributed by atoms with van der Waals surface area (Å²) in [6.07, 6.45) is 5.39. The second-order valence-electron chi connectivity index (χ2n) is 4.65. The van der Waals surface area contributed by atoms with E-state index in [1.165, 1.54) is 18.2 Å². The van der Waals surface area contributed by atoms with Crippen LogP contribution in [-0.2, 0) is 4.79 Å². The lowest BCUT2D eigenvalue weighted by molar-refractivity contribution is -0.117. The van der Waals surface area contributed by atoms with E-state index < -0.39 is 11.7 Å². The van der Waals surface area contributed by atoms with E-state index in [2.05, 4.69) is 5.32 Å². The molecule has 0 bridgehead atoms. The minimum atomic E-state index is -0.441. The fraction of sp³-hybridized carbons (Fsp3) is 0.333. The van der Waals surface area contributed by atoms with Crippen molar-refractivity contribution in [2.24, 2.45) is 0 Å². The van der Waals surface area contributed by atoms with Gasteiger partial charge in [-0.3, -0.25) is 4.79 Å². The molecule has 0 atom stereocenters. The first-order valence-electron chi connectivity index (χ1n) is 6.38. The van der Waals surface area contributed by atoms with Crippen LogP contribution >= 0.6 is 0 Å². The van der Waals surface area contributed by atoms with Crippen LogP contribution in [0.4, 0.5) is 4.39 Å². The highest BCUT2D eigenvalue weighted by Crippen LogP contribution is 2.18. The molecular formula is C15H15FN2O. The number of amides is 1. The average Bonchev–Trinajstić information content (AvgIpc) is 2.90. The Morgan fingerprint density at radius 2 is 2.05 bits per heavy atom. The zero-order valence-electron chi connectivity index (χ0n) is 10.5. The van der Waals surface area contributed by atoms with Crippen LogP contribution in [0.3, 0.4) is 0 Å². The smallest absolute Gasteiger partial charge is 0.262 e. The van der Waals surface area contributed by atoms with E-state index >= 15 is 0 Å². The monoisotopic (exact) mass is 258 g/mol. The number of nitrogens with one attached hydrogen (secondary N) is 1. The Kier molecular flexibility index (Phi) is 4.30. The minimum absolute atomic E-state index is 0.0583. The first kappa shape index (κ1) is 13.3. The number of carbonyl (C=O) groups is 1. The predicted octanol–water partition coefficient (Wildman–Crippen LogP) is 2.79.